The van der Waals surface area contributed by atoms with Crippen molar-refractivity contribution in [1.29, 1.82) is 0 Å². The number of rotatable bonds is 6. The highest BCUT2D eigenvalue weighted by Crippen LogP contribution is 2.23. The third kappa shape index (κ3) is 4.52. The van der Waals surface area contributed by atoms with Crippen molar-refractivity contribution < 1.29 is 4.79 Å². The molecule has 3 N–H and O–H groups in total. The van der Waals surface area contributed by atoms with Gasteiger partial charge in [0.25, 0.3) is 0 Å². The molecule has 0 aliphatic carbocycles. The first-order chi connectivity index (χ1) is 13.5. The Morgan fingerprint density at radius 3 is 2.57 bits per heavy atom. The molecule has 2 aromatic carbocycles. The van der Waals surface area contributed by atoms with Crippen LogP contribution in [0, 0.1) is 6.92 Å². The number of nitrogens with zero attached hydrogens (tertiary/aromatic N) is 2. The van der Waals surface area contributed by atoms with Gasteiger partial charge in [-0.3, -0.25) is 0 Å². The van der Waals surface area contributed by atoms with Gasteiger partial charge in [-0.15, -0.1) is 0 Å². The molecule has 0 spiro atoms. The first-order valence-electron chi connectivity index (χ1n) is 9.43. The molecule has 0 radical (unpaired) electrons. The zero-order valence-electron chi connectivity index (χ0n) is 16.8. The number of hydrogen-bond donors (Lipinski definition) is 3. The van der Waals surface area contributed by atoms with E-state index in [9.17, 15) is 4.79 Å². The summed E-state index contributed by atoms with van der Waals surface area (Å²) in [6.07, 6.45) is 2.53. The molecular formula is C22H27N5O. The van der Waals surface area contributed by atoms with Gasteiger partial charge < -0.3 is 20.5 Å². The van der Waals surface area contributed by atoms with Gasteiger partial charge in [-0.2, -0.15) is 0 Å². The lowest BCUT2D eigenvalue weighted by Crippen LogP contribution is -2.33. The van der Waals surface area contributed by atoms with Crippen molar-refractivity contribution in [2.75, 3.05) is 24.3 Å². The van der Waals surface area contributed by atoms with E-state index < -0.39 is 0 Å². The lowest BCUT2D eigenvalue weighted by Gasteiger charge is -2.18. The highest BCUT2D eigenvalue weighted by molar-refractivity contribution is 5.90. The van der Waals surface area contributed by atoms with Crippen LogP contribution in [0.15, 0.2) is 54.7 Å². The molecule has 0 saturated carbocycles. The molecule has 28 heavy (non-hydrogen) atoms. The summed E-state index contributed by atoms with van der Waals surface area (Å²) in [6.45, 7) is 4.01. The van der Waals surface area contributed by atoms with Crippen LogP contribution < -0.4 is 15.5 Å². The summed E-state index contributed by atoms with van der Waals surface area (Å²) in [5, 5.41) is 5.95. The number of aromatic nitrogens is 2. The number of nitrogens with one attached hydrogen (secondary N) is 3. The molecule has 6 heteroatoms. The van der Waals surface area contributed by atoms with Gasteiger partial charge in [0.2, 0.25) is 0 Å². The Labute approximate surface area is 166 Å². The van der Waals surface area contributed by atoms with Crippen LogP contribution in [0.5, 0.6) is 0 Å². The fourth-order valence-corrected chi connectivity index (χ4v) is 3.02. The first kappa shape index (κ1) is 19.5. The molecule has 146 valence electrons. The molecule has 0 aliphatic heterocycles. The third-order valence-corrected chi connectivity index (χ3v) is 4.70. The van der Waals surface area contributed by atoms with Crippen LogP contribution >= 0.6 is 0 Å². The SMILES string of the molecule is CC[C@@H](NC(=O)Nc1ccc(N(C)C)cc1C)c1ncc(-c2ccccc2)[nH]1. The molecule has 6 nitrogen and oxygen atoms in total. The van der Waals surface area contributed by atoms with Crippen molar-refractivity contribution in [3.05, 3.63) is 66.1 Å². The maximum Gasteiger partial charge on any atom is 0.319 e. The highest BCUT2D eigenvalue weighted by atomic mass is 16.2. The van der Waals surface area contributed by atoms with Gasteiger partial charge in [0.15, 0.2) is 0 Å². The average Bonchev–Trinajstić information content (AvgIpc) is 3.18. The summed E-state index contributed by atoms with van der Waals surface area (Å²) in [7, 11) is 3.99. The number of aryl methyl sites for hydroxylation is 1. The molecule has 1 heterocycles. The second-order valence-electron chi connectivity index (χ2n) is 7.00. The van der Waals surface area contributed by atoms with Crippen LogP contribution in [-0.4, -0.2) is 30.1 Å². The monoisotopic (exact) mass is 377 g/mol. The predicted molar refractivity (Wildman–Crippen MR) is 115 cm³/mol. The molecule has 0 fully saturated rings. The van der Waals surface area contributed by atoms with E-state index in [1.54, 1.807) is 6.20 Å². The van der Waals surface area contributed by atoms with Gasteiger partial charge in [0.1, 0.15) is 5.82 Å². The predicted octanol–water partition coefficient (Wildman–Crippen LogP) is 4.72. The third-order valence-electron chi connectivity index (χ3n) is 4.70. The lowest BCUT2D eigenvalue weighted by atomic mass is 10.1. The zero-order chi connectivity index (χ0) is 20.1. The minimum absolute atomic E-state index is 0.196. The Balaban J connectivity index is 1.68. The number of hydrogen-bond acceptors (Lipinski definition) is 3. The number of urea groups is 1. The number of benzene rings is 2. The number of carbonyl (C=O) groups is 1. The summed E-state index contributed by atoms with van der Waals surface area (Å²) in [5.74, 6) is 0.746. The van der Waals surface area contributed by atoms with Crippen molar-refractivity contribution in [2.45, 2.75) is 26.3 Å². The van der Waals surface area contributed by atoms with Crippen molar-refractivity contribution >= 4 is 17.4 Å². The average molecular weight is 377 g/mol. The van der Waals surface area contributed by atoms with E-state index in [4.69, 9.17) is 0 Å². The second-order valence-corrected chi connectivity index (χ2v) is 7.00. The fourth-order valence-electron chi connectivity index (χ4n) is 3.02. The quantitative estimate of drug-likeness (QED) is 0.582. The maximum absolute atomic E-state index is 12.5. The summed E-state index contributed by atoms with van der Waals surface area (Å²) in [4.78, 5) is 22.4. The lowest BCUT2D eigenvalue weighted by molar-refractivity contribution is 0.247. The van der Waals surface area contributed by atoms with Crippen LogP contribution in [0.4, 0.5) is 16.2 Å². The topological polar surface area (TPSA) is 73.1 Å². The van der Waals surface area contributed by atoms with Crippen LogP contribution in [0.25, 0.3) is 11.3 Å². The van der Waals surface area contributed by atoms with E-state index in [-0.39, 0.29) is 12.1 Å². The minimum atomic E-state index is -0.245. The van der Waals surface area contributed by atoms with Gasteiger partial charge in [-0.25, -0.2) is 9.78 Å². The van der Waals surface area contributed by atoms with Gasteiger partial charge in [-0.1, -0.05) is 37.3 Å². The van der Waals surface area contributed by atoms with Crippen molar-refractivity contribution in [3.8, 4) is 11.3 Å². The summed E-state index contributed by atoms with van der Waals surface area (Å²) >= 11 is 0. The minimum Gasteiger partial charge on any atom is -0.378 e. The molecule has 3 rings (SSSR count). The standard InChI is InChI=1S/C22H27N5O/c1-5-18(21-23-14-20(24-21)16-9-7-6-8-10-16)25-22(28)26-19-12-11-17(27(3)4)13-15(19)2/h6-14,18H,5H2,1-4H3,(H,23,24)(H2,25,26,28)/t18-/m1/s1. The van der Waals surface area contributed by atoms with Gasteiger partial charge in [0, 0.05) is 25.5 Å². The molecule has 1 atom stereocenters. The fraction of sp³-hybridized carbons (Fsp3) is 0.273. The van der Waals surface area contributed by atoms with E-state index in [2.05, 4.69) is 20.6 Å². The molecule has 3 aromatic rings. The maximum atomic E-state index is 12.5. The summed E-state index contributed by atoms with van der Waals surface area (Å²) in [6, 6.07) is 15.5. The summed E-state index contributed by atoms with van der Waals surface area (Å²) in [5.41, 5.74) is 4.91. The Bertz CT molecular complexity index is 933. The van der Waals surface area contributed by atoms with E-state index in [0.29, 0.717) is 0 Å². The number of H-pyrrole nitrogens is 1. The van der Waals surface area contributed by atoms with Crippen molar-refractivity contribution in [3.63, 3.8) is 0 Å². The molecule has 0 aliphatic rings. The first-order valence-corrected chi connectivity index (χ1v) is 9.43. The molecule has 0 bridgehead atoms. The molecule has 0 unspecified atom stereocenters. The van der Waals surface area contributed by atoms with Gasteiger partial charge in [0.05, 0.1) is 17.9 Å². The number of amides is 2. The van der Waals surface area contributed by atoms with Crippen LogP contribution in [0.2, 0.25) is 0 Å². The second kappa shape index (κ2) is 8.61. The Morgan fingerprint density at radius 1 is 1.18 bits per heavy atom. The van der Waals surface area contributed by atoms with E-state index in [1.165, 1.54) is 0 Å². The Kier molecular flexibility index (Phi) is 5.99. The number of imidazole rings is 1. The zero-order valence-corrected chi connectivity index (χ0v) is 16.8. The van der Waals surface area contributed by atoms with Crippen molar-refractivity contribution in [2.24, 2.45) is 0 Å². The van der Waals surface area contributed by atoms with Gasteiger partial charge >= 0.3 is 6.03 Å². The molecular weight excluding hydrogens is 350 g/mol. The van der Waals surface area contributed by atoms with E-state index in [1.807, 2.05) is 81.4 Å². The normalized spacial score (nSPS) is 11.7. The van der Waals surface area contributed by atoms with Crippen LogP contribution in [-0.2, 0) is 0 Å². The van der Waals surface area contributed by atoms with Crippen LogP contribution in [0.3, 0.4) is 0 Å². The number of anilines is 2. The molecule has 2 amide bonds. The largest absolute Gasteiger partial charge is 0.378 e. The Morgan fingerprint density at radius 2 is 1.93 bits per heavy atom. The highest BCUT2D eigenvalue weighted by Gasteiger charge is 2.17. The van der Waals surface area contributed by atoms with Gasteiger partial charge in [-0.05, 0) is 42.7 Å². The van der Waals surface area contributed by atoms with Crippen LogP contribution in [0.1, 0.15) is 30.8 Å². The number of aromatic amines is 1. The molecule has 1 aromatic heterocycles. The van der Waals surface area contributed by atoms with E-state index >= 15 is 0 Å². The summed E-state index contributed by atoms with van der Waals surface area (Å²) < 4.78 is 0. The van der Waals surface area contributed by atoms with E-state index in [0.717, 1.165) is 40.4 Å². The molecule has 0 saturated heterocycles. The number of carbonyl (C=O) groups excluding carboxylic acids is 1. The Hall–Kier alpha value is -3.28. The smallest absolute Gasteiger partial charge is 0.319 e. The van der Waals surface area contributed by atoms with Crippen molar-refractivity contribution in [1.82, 2.24) is 15.3 Å².